The SMILES string of the molecule is O=C1c2ccccc2C(=O)C1c1ccccc1OC(F)F. The summed E-state index contributed by atoms with van der Waals surface area (Å²) in [4.78, 5) is 24.8. The predicted molar refractivity (Wildman–Crippen MR) is 70.9 cm³/mol. The Balaban J connectivity index is 2.07. The first kappa shape index (κ1) is 13.4. The van der Waals surface area contributed by atoms with Crippen LogP contribution in [0.2, 0.25) is 0 Å². The molecule has 0 radical (unpaired) electrons. The molecular weight excluding hydrogens is 278 g/mol. The molecule has 2 aromatic carbocycles. The van der Waals surface area contributed by atoms with Gasteiger partial charge in [-0.2, -0.15) is 8.78 Å². The minimum absolute atomic E-state index is 0.146. The smallest absolute Gasteiger partial charge is 0.387 e. The summed E-state index contributed by atoms with van der Waals surface area (Å²) >= 11 is 0. The Kier molecular flexibility index (Phi) is 3.25. The third kappa shape index (κ3) is 2.20. The van der Waals surface area contributed by atoms with E-state index in [1.165, 1.54) is 18.2 Å². The van der Waals surface area contributed by atoms with Crippen LogP contribution >= 0.6 is 0 Å². The number of ketones is 2. The highest BCUT2D eigenvalue weighted by atomic mass is 19.3. The number of alkyl halides is 2. The molecule has 21 heavy (non-hydrogen) atoms. The lowest BCUT2D eigenvalue weighted by molar-refractivity contribution is -0.0505. The van der Waals surface area contributed by atoms with E-state index in [4.69, 9.17) is 0 Å². The third-order valence-electron chi connectivity index (χ3n) is 3.43. The monoisotopic (exact) mass is 288 g/mol. The average molecular weight is 288 g/mol. The van der Waals surface area contributed by atoms with Crippen molar-refractivity contribution in [2.75, 3.05) is 0 Å². The molecular formula is C16H10F2O3. The van der Waals surface area contributed by atoms with Gasteiger partial charge in [0, 0.05) is 16.7 Å². The zero-order chi connectivity index (χ0) is 15.0. The molecule has 0 N–H and O–H groups in total. The minimum Gasteiger partial charge on any atom is -0.435 e. The van der Waals surface area contributed by atoms with E-state index in [-0.39, 0.29) is 22.9 Å². The van der Waals surface area contributed by atoms with Crippen molar-refractivity contribution in [2.24, 2.45) is 0 Å². The largest absolute Gasteiger partial charge is 0.435 e. The molecule has 106 valence electrons. The summed E-state index contributed by atoms with van der Waals surface area (Å²) in [5, 5.41) is 0. The molecule has 0 spiro atoms. The Morgan fingerprint density at radius 1 is 0.857 bits per heavy atom. The summed E-state index contributed by atoms with van der Waals surface area (Å²) in [7, 11) is 0. The molecule has 0 saturated carbocycles. The van der Waals surface area contributed by atoms with E-state index < -0.39 is 12.5 Å². The number of hydrogen-bond acceptors (Lipinski definition) is 3. The van der Waals surface area contributed by atoms with Crippen molar-refractivity contribution in [2.45, 2.75) is 12.5 Å². The highest BCUT2D eigenvalue weighted by Gasteiger charge is 2.40. The first-order chi connectivity index (χ1) is 10.1. The molecule has 0 amide bonds. The van der Waals surface area contributed by atoms with E-state index in [9.17, 15) is 18.4 Å². The van der Waals surface area contributed by atoms with Crippen LogP contribution in [-0.4, -0.2) is 18.2 Å². The second kappa shape index (κ2) is 5.09. The maximum absolute atomic E-state index is 12.5. The van der Waals surface area contributed by atoms with E-state index in [2.05, 4.69) is 4.74 Å². The molecule has 3 rings (SSSR count). The maximum atomic E-state index is 12.5. The first-order valence-corrected chi connectivity index (χ1v) is 6.31. The van der Waals surface area contributed by atoms with Gasteiger partial charge < -0.3 is 4.74 Å². The average Bonchev–Trinajstić information content (AvgIpc) is 2.72. The van der Waals surface area contributed by atoms with Crippen LogP contribution in [0.1, 0.15) is 32.2 Å². The molecule has 3 nitrogen and oxygen atoms in total. The van der Waals surface area contributed by atoms with Gasteiger partial charge in [-0.3, -0.25) is 9.59 Å². The Morgan fingerprint density at radius 2 is 1.38 bits per heavy atom. The molecule has 0 aromatic heterocycles. The van der Waals surface area contributed by atoms with Gasteiger partial charge in [0.2, 0.25) is 0 Å². The van der Waals surface area contributed by atoms with Crippen molar-refractivity contribution in [3.63, 3.8) is 0 Å². The van der Waals surface area contributed by atoms with Gasteiger partial charge in [0.05, 0.1) is 0 Å². The van der Waals surface area contributed by atoms with E-state index >= 15 is 0 Å². The fourth-order valence-electron chi connectivity index (χ4n) is 2.55. The van der Waals surface area contributed by atoms with Crippen LogP contribution in [0, 0.1) is 0 Å². The van der Waals surface area contributed by atoms with Gasteiger partial charge >= 0.3 is 6.61 Å². The molecule has 2 aromatic rings. The highest BCUT2D eigenvalue weighted by molar-refractivity contribution is 6.29. The lowest BCUT2D eigenvalue weighted by atomic mass is 9.93. The normalized spacial score (nSPS) is 14.6. The van der Waals surface area contributed by atoms with Gasteiger partial charge in [-0.1, -0.05) is 42.5 Å². The minimum atomic E-state index is -3.01. The number of para-hydroxylation sites is 1. The van der Waals surface area contributed by atoms with Gasteiger partial charge in [-0.25, -0.2) is 0 Å². The van der Waals surface area contributed by atoms with Crippen molar-refractivity contribution in [3.05, 3.63) is 65.2 Å². The van der Waals surface area contributed by atoms with Crippen LogP contribution in [0.4, 0.5) is 8.78 Å². The zero-order valence-electron chi connectivity index (χ0n) is 10.8. The van der Waals surface area contributed by atoms with Crippen LogP contribution < -0.4 is 4.74 Å². The highest BCUT2D eigenvalue weighted by Crippen LogP contribution is 2.38. The molecule has 1 aliphatic rings. The number of hydrogen-bond donors (Lipinski definition) is 0. The summed E-state index contributed by atoms with van der Waals surface area (Å²) < 4.78 is 29.3. The van der Waals surface area contributed by atoms with E-state index in [0.29, 0.717) is 11.1 Å². The van der Waals surface area contributed by atoms with Crippen LogP contribution in [-0.2, 0) is 0 Å². The number of carbonyl (C=O) groups excluding carboxylic acids is 2. The molecule has 5 heteroatoms. The van der Waals surface area contributed by atoms with Crippen LogP contribution in [0.5, 0.6) is 5.75 Å². The predicted octanol–water partition coefficient (Wildman–Crippen LogP) is 3.45. The fourth-order valence-corrected chi connectivity index (χ4v) is 2.55. The van der Waals surface area contributed by atoms with Crippen molar-refractivity contribution >= 4 is 11.6 Å². The van der Waals surface area contributed by atoms with E-state index in [1.807, 2.05) is 0 Å². The quantitative estimate of drug-likeness (QED) is 0.812. The molecule has 0 saturated heterocycles. The van der Waals surface area contributed by atoms with Gasteiger partial charge in [0.15, 0.2) is 11.6 Å². The molecule has 0 aliphatic heterocycles. The fraction of sp³-hybridized carbons (Fsp3) is 0.125. The summed E-state index contributed by atoms with van der Waals surface area (Å²) in [6.45, 7) is -3.01. The number of ether oxygens (including phenoxy) is 1. The third-order valence-corrected chi connectivity index (χ3v) is 3.43. The summed E-state index contributed by atoms with van der Waals surface area (Å²) in [6.07, 6.45) is 0. The first-order valence-electron chi connectivity index (χ1n) is 6.31. The number of fused-ring (bicyclic) bond motifs is 1. The lowest BCUT2D eigenvalue weighted by Crippen LogP contribution is -2.15. The number of halogens is 2. The number of benzene rings is 2. The van der Waals surface area contributed by atoms with Crippen molar-refractivity contribution < 1.29 is 23.1 Å². The number of Topliss-reactive ketones (excluding diaryl/α,β-unsaturated/α-hetero) is 2. The summed E-state index contributed by atoms with van der Waals surface area (Å²) in [6, 6.07) is 12.3. The van der Waals surface area contributed by atoms with Crippen molar-refractivity contribution in [1.82, 2.24) is 0 Å². The van der Waals surface area contributed by atoms with E-state index in [1.54, 1.807) is 30.3 Å². The van der Waals surface area contributed by atoms with Gasteiger partial charge in [-0.05, 0) is 6.07 Å². The van der Waals surface area contributed by atoms with E-state index in [0.717, 1.165) is 0 Å². The Morgan fingerprint density at radius 3 is 1.95 bits per heavy atom. The van der Waals surface area contributed by atoms with Gasteiger partial charge in [-0.15, -0.1) is 0 Å². The molecule has 0 unspecified atom stereocenters. The van der Waals surface area contributed by atoms with Crippen LogP contribution in [0.3, 0.4) is 0 Å². The van der Waals surface area contributed by atoms with Crippen molar-refractivity contribution in [3.8, 4) is 5.75 Å². The zero-order valence-corrected chi connectivity index (χ0v) is 10.8. The lowest BCUT2D eigenvalue weighted by Gasteiger charge is -2.13. The molecule has 0 atom stereocenters. The van der Waals surface area contributed by atoms with Gasteiger partial charge in [0.1, 0.15) is 11.7 Å². The Labute approximate surface area is 119 Å². The molecule has 0 fully saturated rings. The second-order valence-electron chi connectivity index (χ2n) is 4.62. The van der Waals surface area contributed by atoms with Crippen LogP contribution in [0.15, 0.2) is 48.5 Å². The topological polar surface area (TPSA) is 43.4 Å². The molecule has 0 heterocycles. The molecule has 0 bridgehead atoms. The standard InChI is InChI=1S/C16H10F2O3/c17-16(18)21-12-8-4-3-7-11(12)13-14(19)9-5-1-2-6-10(9)15(13)20/h1-8,13,16H. The Hall–Kier alpha value is -2.56. The van der Waals surface area contributed by atoms with Gasteiger partial charge in [0.25, 0.3) is 0 Å². The maximum Gasteiger partial charge on any atom is 0.387 e. The van der Waals surface area contributed by atoms with Crippen molar-refractivity contribution in [1.29, 1.82) is 0 Å². The summed E-state index contributed by atoms with van der Waals surface area (Å²) in [5.41, 5.74) is 0.808. The number of carbonyl (C=O) groups is 2. The summed E-state index contributed by atoms with van der Waals surface area (Å²) in [5.74, 6) is -2.04. The second-order valence-corrected chi connectivity index (χ2v) is 4.62. The molecule has 1 aliphatic carbocycles. The number of rotatable bonds is 3. The Bertz CT molecular complexity index is 690. The van der Waals surface area contributed by atoms with Crippen LogP contribution in [0.25, 0.3) is 0 Å².